The van der Waals surface area contributed by atoms with E-state index in [0.717, 1.165) is 78.8 Å². The van der Waals surface area contributed by atoms with E-state index < -0.39 is 0 Å². The second kappa shape index (κ2) is 10.8. The molecule has 186 valence electrons. The standard InChI is InChI=1S/C29H31ClN4O2/c1-32-12-14-33(15-13-32)10-5-11-34-20-26(28-25(29(35)36-2)8-4-9-27(28)34)23-16-22(18-31-19-23)21-6-3-7-24(30)17-21/h3-4,6-9,16-20H,5,10-15H2,1-2H3. The first-order valence-corrected chi connectivity index (χ1v) is 12.7. The van der Waals surface area contributed by atoms with Crippen LogP contribution in [0.1, 0.15) is 16.8 Å². The summed E-state index contributed by atoms with van der Waals surface area (Å²) in [6.07, 6.45) is 6.88. The number of carbonyl (C=O) groups is 1. The zero-order chi connectivity index (χ0) is 25.1. The predicted octanol–water partition coefficient (Wildman–Crippen LogP) is 5.45. The van der Waals surface area contributed by atoms with E-state index in [4.69, 9.17) is 16.3 Å². The molecule has 1 aliphatic heterocycles. The second-order valence-electron chi connectivity index (χ2n) is 9.40. The number of hydrogen-bond donors (Lipinski definition) is 0. The molecule has 36 heavy (non-hydrogen) atoms. The van der Waals surface area contributed by atoms with Crippen molar-refractivity contribution in [2.24, 2.45) is 0 Å². The number of carbonyl (C=O) groups excluding carboxylic acids is 1. The molecular weight excluding hydrogens is 472 g/mol. The number of benzene rings is 2. The van der Waals surface area contributed by atoms with Gasteiger partial charge in [0.05, 0.1) is 12.7 Å². The molecule has 0 saturated carbocycles. The van der Waals surface area contributed by atoms with E-state index in [1.807, 2.05) is 48.8 Å². The van der Waals surface area contributed by atoms with Crippen LogP contribution in [0.15, 0.2) is 67.1 Å². The van der Waals surface area contributed by atoms with Gasteiger partial charge in [-0.05, 0) is 55.9 Å². The number of aryl methyl sites for hydroxylation is 1. The van der Waals surface area contributed by atoms with Gasteiger partial charge >= 0.3 is 5.97 Å². The number of rotatable bonds is 7. The maximum atomic E-state index is 12.7. The first kappa shape index (κ1) is 24.5. The van der Waals surface area contributed by atoms with Crippen LogP contribution in [0.4, 0.5) is 0 Å². The Labute approximate surface area is 217 Å². The third-order valence-corrected chi connectivity index (χ3v) is 7.22. The summed E-state index contributed by atoms with van der Waals surface area (Å²) in [5.74, 6) is -0.337. The van der Waals surface area contributed by atoms with E-state index in [1.54, 1.807) is 0 Å². The zero-order valence-corrected chi connectivity index (χ0v) is 21.5. The van der Waals surface area contributed by atoms with Crippen molar-refractivity contribution in [2.45, 2.75) is 13.0 Å². The number of esters is 1. The number of ether oxygens (including phenoxy) is 1. The highest BCUT2D eigenvalue weighted by Crippen LogP contribution is 2.35. The van der Waals surface area contributed by atoms with Crippen LogP contribution in [0.25, 0.3) is 33.2 Å². The number of hydrogen-bond acceptors (Lipinski definition) is 5. The quantitative estimate of drug-likeness (QED) is 0.315. The number of nitrogens with zero attached hydrogens (tertiary/aromatic N) is 4. The topological polar surface area (TPSA) is 50.6 Å². The van der Waals surface area contributed by atoms with Gasteiger partial charge in [0.15, 0.2) is 0 Å². The van der Waals surface area contributed by atoms with Gasteiger partial charge in [0.25, 0.3) is 0 Å². The minimum atomic E-state index is -0.337. The predicted molar refractivity (Wildman–Crippen MR) is 146 cm³/mol. The fourth-order valence-electron chi connectivity index (χ4n) is 4.99. The van der Waals surface area contributed by atoms with E-state index in [-0.39, 0.29) is 5.97 Å². The van der Waals surface area contributed by atoms with Crippen LogP contribution in [0.3, 0.4) is 0 Å². The average molecular weight is 503 g/mol. The smallest absolute Gasteiger partial charge is 0.338 e. The molecule has 6 nitrogen and oxygen atoms in total. The highest BCUT2D eigenvalue weighted by atomic mass is 35.5. The Balaban J connectivity index is 1.51. The van der Waals surface area contributed by atoms with Gasteiger partial charge in [-0.2, -0.15) is 0 Å². The molecular formula is C29H31ClN4O2. The normalized spacial score (nSPS) is 14.9. The molecule has 2 aromatic heterocycles. The minimum Gasteiger partial charge on any atom is -0.465 e. The SMILES string of the molecule is COC(=O)c1cccc2c1c(-c1cncc(-c3cccc(Cl)c3)c1)cn2CCCN1CCN(C)CC1. The van der Waals surface area contributed by atoms with E-state index in [2.05, 4.69) is 44.7 Å². The lowest BCUT2D eigenvalue weighted by molar-refractivity contribution is 0.0603. The van der Waals surface area contributed by atoms with E-state index >= 15 is 0 Å². The summed E-state index contributed by atoms with van der Waals surface area (Å²) in [5, 5.41) is 1.58. The third kappa shape index (κ3) is 5.16. The van der Waals surface area contributed by atoms with Gasteiger partial charge in [0, 0.05) is 83.9 Å². The van der Waals surface area contributed by atoms with Crippen molar-refractivity contribution in [3.05, 3.63) is 77.7 Å². The largest absolute Gasteiger partial charge is 0.465 e. The molecule has 5 rings (SSSR count). The van der Waals surface area contributed by atoms with Crippen molar-refractivity contribution in [3.63, 3.8) is 0 Å². The van der Waals surface area contributed by atoms with E-state index in [0.29, 0.717) is 10.6 Å². The van der Waals surface area contributed by atoms with Crippen LogP contribution in [0.2, 0.25) is 5.02 Å². The maximum absolute atomic E-state index is 12.7. The summed E-state index contributed by atoms with van der Waals surface area (Å²) in [6, 6.07) is 15.7. The fraction of sp³-hybridized carbons (Fsp3) is 0.310. The lowest BCUT2D eigenvalue weighted by Gasteiger charge is -2.32. The van der Waals surface area contributed by atoms with Crippen molar-refractivity contribution in [3.8, 4) is 22.3 Å². The molecule has 0 N–H and O–H groups in total. The average Bonchev–Trinajstić information content (AvgIpc) is 3.28. The number of fused-ring (bicyclic) bond motifs is 1. The summed E-state index contributed by atoms with van der Waals surface area (Å²) in [5.41, 5.74) is 5.49. The molecule has 0 amide bonds. The molecule has 1 fully saturated rings. The molecule has 0 aliphatic carbocycles. The molecule has 3 heterocycles. The van der Waals surface area contributed by atoms with Crippen LogP contribution in [0.5, 0.6) is 0 Å². The van der Waals surface area contributed by atoms with Crippen LogP contribution >= 0.6 is 11.6 Å². The summed E-state index contributed by atoms with van der Waals surface area (Å²) < 4.78 is 7.39. The Morgan fingerprint density at radius 3 is 2.53 bits per heavy atom. The lowest BCUT2D eigenvalue weighted by Crippen LogP contribution is -2.44. The Hall–Kier alpha value is -3.19. The van der Waals surface area contributed by atoms with E-state index in [1.165, 1.54) is 7.11 Å². The molecule has 0 spiro atoms. The monoisotopic (exact) mass is 502 g/mol. The molecule has 0 bridgehead atoms. The van der Waals surface area contributed by atoms with Crippen LogP contribution in [0, 0.1) is 0 Å². The molecule has 0 radical (unpaired) electrons. The number of aromatic nitrogens is 2. The van der Waals surface area contributed by atoms with Gasteiger partial charge < -0.3 is 19.1 Å². The first-order valence-electron chi connectivity index (χ1n) is 12.4. The first-order chi connectivity index (χ1) is 17.5. The molecule has 1 saturated heterocycles. The number of methoxy groups -OCH3 is 1. The zero-order valence-electron chi connectivity index (χ0n) is 20.8. The molecule has 0 unspecified atom stereocenters. The maximum Gasteiger partial charge on any atom is 0.338 e. The second-order valence-corrected chi connectivity index (χ2v) is 9.83. The summed E-state index contributed by atoms with van der Waals surface area (Å²) in [7, 11) is 3.61. The van der Waals surface area contributed by atoms with Crippen molar-refractivity contribution < 1.29 is 9.53 Å². The lowest BCUT2D eigenvalue weighted by atomic mass is 9.99. The fourth-order valence-corrected chi connectivity index (χ4v) is 5.18. The van der Waals surface area contributed by atoms with Crippen LogP contribution < -0.4 is 0 Å². The van der Waals surface area contributed by atoms with Crippen LogP contribution in [-0.2, 0) is 11.3 Å². The van der Waals surface area contributed by atoms with Gasteiger partial charge in [-0.15, -0.1) is 0 Å². The van der Waals surface area contributed by atoms with Crippen molar-refractivity contribution in [1.82, 2.24) is 19.4 Å². The van der Waals surface area contributed by atoms with E-state index in [9.17, 15) is 4.79 Å². The summed E-state index contributed by atoms with van der Waals surface area (Å²) in [4.78, 5) is 22.2. The third-order valence-electron chi connectivity index (χ3n) is 6.99. The van der Waals surface area contributed by atoms with Gasteiger partial charge in [-0.3, -0.25) is 4.98 Å². The molecule has 1 aliphatic rings. The van der Waals surface area contributed by atoms with Gasteiger partial charge in [-0.1, -0.05) is 29.8 Å². The molecule has 0 atom stereocenters. The van der Waals surface area contributed by atoms with Gasteiger partial charge in [0.2, 0.25) is 0 Å². The molecule has 7 heteroatoms. The Morgan fingerprint density at radius 2 is 1.75 bits per heavy atom. The minimum absolute atomic E-state index is 0.337. The Bertz CT molecular complexity index is 1370. The molecule has 2 aromatic carbocycles. The summed E-state index contributed by atoms with van der Waals surface area (Å²) in [6.45, 7) is 6.40. The molecule has 4 aromatic rings. The summed E-state index contributed by atoms with van der Waals surface area (Å²) >= 11 is 6.24. The van der Waals surface area contributed by atoms with Crippen LogP contribution in [-0.4, -0.2) is 72.2 Å². The number of likely N-dealkylation sites (N-methyl/N-ethyl adjacent to an activating group) is 1. The van der Waals surface area contributed by atoms with Crippen molar-refractivity contribution in [1.29, 1.82) is 0 Å². The van der Waals surface area contributed by atoms with Gasteiger partial charge in [0.1, 0.15) is 0 Å². The number of pyridine rings is 1. The Kier molecular flexibility index (Phi) is 7.37. The highest BCUT2D eigenvalue weighted by Gasteiger charge is 2.20. The Morgan fingerprint density at radius 1 is 0.972 bits per heavy atom. The highest BCUT2D eigenvalue weighted by molar-refractivity contribution is 6.30. The number of halogens is 1. The van der Waals surface area contributed by atoms with Crippen molar-refractivity contribution in [2.75, 3.05) is 46.9 Å². The van der Waals surface area contributed by atoms with Gasteiger partial charge in [-0.25, -0.2) is 4.79 Å². The van der Waals surface area contributed by atoms with Crippen molar-refractivity contribution >= 4 is 28.5 Å². The number of piperazine rings is 1.